The van der Waals surface area contributed by atoms with Gasteiger partial charge in [0.1, 0.15) is 0 Å². The molecule has 5 heteroatoms. The van der Waals surface area contributed by atoms with Crippen LogP contribution in [0.1, 0.15) is 24.0 Å². The summed E-state index contributed by atoms with van der Waals surface area (Å²) in [4.78, 5) is 0. The molecule has 2 unspecified atom stereocenters. The van der Waals surface area contributed by atoms with Crippen molar-refractivity contribution in [1.82, 2.24) is 5.32 Å². The molecule has 0 amide bonds. The summed E-state index contributed by atoms with van der Waals surface area (Å²) in [5, 5.41) is 12.4. The molecule has 1 saturated carbocycles. The van der Waals surface area contributed by atoms with Gasteiger partial charge in [0.15, 0.2) is 0 Å². The van der Waals surface area contributed by atoms with Crippen molar-refractivity contribution in [2.24, 2.45) is 0 Å². The van der Waals surface area contributed by atoms with Gasteiger partial charge in [0.25, 0.3) is 0 Å². The smallest absolute Gasteiger partial charge is 0.392 e. The highest BCUT2D eigenvalue weighted by atomic mass is 19.4. The first-order valence-corrected chi connectivity index (χ1v) is 5.54. The summed E-state index contributed by atoms with van der Waals surface area (Å²) in [6, 6.07) is 5.26. The van der Waals surface area contributed by atoms with E-state index >= 15 is 0 Å². The minimum absolute atomic E-state index is 0.0181. The van der Waals surface area contributed by atoms with E-state index in [4.69, 9.17) is 0 Å². The Labute approximate surface area is 97.5 Å². The van der Waals surface area contributed by atoms with Crippen LogP contribution in [-0.4, -0.2) is 17.3 Å². The monoisotopic (exact) mass is 245 g/mol. The number of rotatable bonds is 3. The topological polar surface area (TPSA) is 32.3 Å². The van der Waals surface area contributed by atoms with Crippen LogP contribution in [0.5, 0.6) is 0 Å². The first-order valence-electron chi connectivity index (χ1n) is 5.54. The largest absolute Gasteiger partial charge is 0.416 e. The maximum Gasteiger partial charge on any atom is 0.416 e. The van der Waals surface area contributed by atoms with Crippen LogP contribution in [-0.2, 0) is 12.7 Å². The first-order chi connectivity index (χ1) is 7.97. The Morgan fingerprint density at radius 1 is 1.29 bits per heavy atom. The van der Waals surface area contributed by atoms with E-state index in [1.54, 1.807) is 6.07 Å². The third-order valence-electron chi connectivity index (χ3n) is 3.06. The van der Waals surface area contributed by atoms with Crippen molar-refractivity contribution in [3.05, 3.63) is 35.4 Å². The van der Waals surface area contributed by atoms with Gasteiger partial charge in [0, 0.05) is 12.6 Å². The molecule has 0 aromatic heterocycles. The summed E-state index contributed by atoms with van der Waals surface area (Å²) >= 11 is 0. The molecule has 2 rings (SSSR count). The van der Waals surface area contributed by atoms with Gasteiger partial charge in [-0.3, -0.25) is 0 Å². The highest BCUT2D eigenvalue weighted by molar-refractivity contribution is 5.25. The molecule has 0 heterocycles. The van der Waals surface area contributed by atoms with E-state index in [1.165, 1.54) is 6.07 Å². The molecule has 0 saturated heterocycles. The van der Waals surface area contributed by atoms with Crippen LogP contribution in [0.4, 0.5) is 13.2 Å². The molecule has 0 radical (unpaired) electrons. The minimum atomic E-state index is -4.30. The molecule has 0 spiro atoms. The van der Waals surface area contributed by atoms with Gasteiger partial charge in [-0.1, -0.05) is 18.2 Å². The van der Waals surface area contributed by atoms with Crippen LogP contribution >= 0.6 is 0 Å². The van der Waals surface area contributed by atoms with E-state index < -0.39 is 11.7 Å². The predicted molar refractivity (Wildman–Crippen MR) is 57.3 cm³/mol. The normalized spacial score (nSPS) is 24.5. The molecule has 0 bridgehead atoms. The fourth-order valence-electron chi connectivity index (χ4n) is 1.83. The molecular formula is C12H14F3NO. The zero-order valence-corrected chi connectivity index (χ0v) is 9.17. The van der Waals surface area contributed by atoms with Crippen LogP contribution < -0.4 is 5.32 Å². The standard InChI is InChI=1S/C12H14F3NO/c13-12(14,15)9-3-1-2-8(6-9)7-16-10-4-5-11(10)17/h1-3,6,10-11,16-17H,4-5,7H2. The fourth-order valence-corrected chi connectivity index (χ4v) is 1.83. The van der Waals surface area contributed by atoms with E-state index in [9.17, 15) is 18.3 Å². The second-order valence-electron chi connectivity index (χ2n) is 4.33. The van der Waals surface area contributed by atoms with Crippen LogP contribution in [0, 0.1) is 0 Å². The number of nitrogens with one attached hydrogen (secondary N) is 1. The Hall–Kier alpha value is -1.07. The van der Waals surface area contributed by atoms with E-state index in [-0.39, 0.29) is 12.1 Å². The number of aliphatic hydroxyl groups is 1. The summed E-state index contributed by atoms with van der Waals surface area (Å²) in [7, 11) is 0. The summed E-state index contributed by atoms with van der Waals surface area (Å²) in [5.41, 5.74) is -0.0510. The molecule has 2 N–H and O–H groups in total. The Kier molecular flexibility index (Phi) is 3.40. The maximum atomic E-state index is 12.4. The van der Waals surface area contributed by atoms with Gasteiger partial charge in [-0.15, -0.1) is 0 Å². The van der Waals surface area contributed by atoms with Crippen LogP contribution in [0.25, 0.3) is 0 Å². The van der Waals surface area contributed by atoms with Crippen LogP contribution in [0.2, 0.25) is 0 Å². The number of benzene rings is 1. The quantitative estimate of drug-likeness (QED) is 0.856. The number of hydrogen-bond acceptors (Lipinski definition) is 2. The van der Waals surface area contributed by atoms with Gasteiger partial charge >= 0.3 is 6.18 Å². The van der Waals surface area contributed by atoms with Crippen molar-refractivity contribution in [1.29, 1.82) is 0 Å². The Morgan fingerprint density at radius 2 is 2.06 bits per heavy atom. The lowest BCUT2D eigenvalue weighted by Crippen LogP contribution is -2.47. The van der Waals surface area contributed by atoms with Crippen LogP contribution in [0.15, 0.2) is 24.3 Å². The van der Waals surface area contributed by atoms with Gasteiger partial charge in [-0.25, -0.2) is 0 Å². The van der Waals surface area contributed by atoms with E-state index in [0.717, 1.165) is 25.0 Å². The van der Waals surface area contributed by atoms with Gasteiger partial charge < -0.3 is 10.4 Å². The van der Waals surface area contributed by atoms with Crippen molar-refractivity contribution in [2.75, 3.05) is 0 Å². The molecule has 2 atom stereocenters. The van der Waals surface area contributed by atoms with E-state index in [2.05, 4.69) is 5.32 Å². The van der Waals surface area contributed by atoms with Crippen molar-refractivity contribution in [3.63, 3.8) is 0 Å². The van der Waals surface area contributed by atoms with Gasteiger partial charge in [0.2, 0.25) is 0 Å². The molecular weight excluding hydrogens is 231 g/mol. The lowest BCUT2D eigenvalue weighted by atomic mass is 9.89. The zero-order valence-electron chi connectivity index (χ0n) is 9.17. The van der Waals surface area contributed by atoms with Gasteiger partial charge in [-0.05, 0) is 24.5 Å². The number of aliphatic hydroxyl groups excluding tert-OH is 1. The second-order valence-corrected chi connectivity index (χ2v) is 4.33. The Morgan fingerprint density at radius 3 is 2.59 bits per heavy atom. The molecule has 0 aliphatic heterocycles. The molecule has 17 heavy (non-hydrogen) atoms. The molecule has 1 aliphatic carbocycles. The summed E-state index contributed by atoms with van der Waals surface area (Å²) in [5.74, 6) is 0. The van der Waals surface area contributed by atoms with Gasteiger partial charge in [0.05, 0.1) is 11.7 Å². The lowest BCUT2D eigenvalue weighted by Gasteiger charge is -2.33. The first kappa shape index (κ1) is 12.4. The average molecular weight is 245 g/mol. The van der Waals surface area contributed by atoms with Crippen molar-refractivity contribution >= 4 is 0 Å². The lowest BCUT2D eigenvalue weighted by molar-refractivity contribution is -0.137. The second kappa shape index (κ2) is 4.66. The van der Waals surface area contributed by atoms with Crippen molar-refractivity contribution in [2.45, 2.75) is 37.7 Å². The fraction of sp³-hybridized carbons (Fsp3) is 0.500. The number of halogens is 3. The number of alkyl halides is 3. The highest BCUT2D eigenvalue weighted by Crippen LogP contribution is 2.29. The molecule has 94 valence electrons. The third kappa shape index (κ3) is 2.98. The van der Waals surface area contributed by atoms with Crippen LogP contribution in [0.3, 0.4) is 0 Å². The van der Waals surface area contributed by atoms with Gasteiger partial charge in [-0.2, -0.15) is 13.2 Å². The predicted octanol–water partition coefficient (Wildman–Crippen LogP) is 2.32. The average Bonchev–Trinajstić information content (AvgIpc) is 2.26. The van der Waals surface area contributed by atoms with E-state index in [0.29, 0.717) is 12.1 Å². The number of hydrogen-bond donors (Lipinski definition) is 2. The molecule has 2 nitrogen and oxygen atoms in total. The van der Waals surface area contributed by atoms with Crippen molar-refractivity contribution in [3.8, 4) is 0 Å². The summed E-state index contributed by atoms with van der Waals surface area (Å²) in [6.45, 7) is 0.353. The molecule has 1 fully saturated rings. The third-order valence-corrected chi connectivity index (χ3v) is 3.06. The minimum Gasteiger partial charge on any atom is -0.392 e. The molecule has 1 aromatic carbocycles. The highest BCUT2D eigenvalue weighted by Gasteiger charge is 2.31. The Balaban J connectivity index is 1.97. The molecule has 1 aromatic rings. The molecule has 1 aliphatic rings. The maximum absolute atomic E-state index is 12.4. The SMILES string of the molecule is OC1CCC1NCc1cccc(C(F)(F)F)c1. The summed E-state index contributed by atoms with van der Waals surface area (Å²) < 4.78 is 37.3. The zero-order chi connectivity index (χ0) is 12.5. The van der Waals surface area contributed by atoms with E-state index in [1.807, 2.05) is 0 Å². The van der Waals surface area contributed by atoms with Crippen molar-refractivity contribution < 1.29 is 18.3 Å². The summed E-state index contributed by atoms with van der Waals surface area (Å²) in [6.07, 6.45) is -3.02. The Bertz CT molecular complexity index is 392.